The van der Waals surface area contributed by atoms with E-state index < -0.39 is 12.0 Å². The quantitative estimate of drug-likeness (QED) is 0.763. The van der Waals surface area contributed by atoms with Gasteiger partial charge in [0.05, 0.1) is 0 Å². The average molecular weight is 237 g/mol. The van der Waals surface area contributed by atoms with E-state index in [9.17, 15) is 4.79 Å². The summed E-state index contributed by atoms with van der Waals surface area (Å²) < 4.78 is 0. The van der Waals surface area contributed by atoms with Crippen LogP contribution in [0.4, 0.5) is 0 Å². The molecule has 16 heavy (non-hydrogen) atoms. The molecule has 0 amide bonds. The van der Waals surface area contributed by atoms with E-state index in [4.69, 9.17) is 10.8 Å². The molecule has 1 rings (SSSR count). The molecule has 2 atom stereocenters. The molecule has 3 nitrogen and oxygen atoms in total. The van der Waals surface area contributed by atoms with E-state index in [1.54, 1.807) is 0 Å². The van der Waals surface area contributed by atoms with E-state index in [1.165, 1.54) is 5.30 Å². The lowest BCUT2D eigenvalue weighted by molar-refractivity contribution is -0.138. The molecule has 0 saturated carbocycles. The van der Waals surface area contributed by atoms with E-state index >= 15 is 0 Å². The van der Waals surface area contributed by atoms with Gasteiger partial charge in [-0.2, -0.15) is 0 Å². The molecule has 2 unspecified atom stereocenters. The molecule has 1 aromatic rings. The normalized spacial score (nSPS) is 14.1. The Hall–Kier alpha value is -1.18. The number of nitrogens with two attached hydrogens (primary N) is 1. The Kier molecular flexibility index (Phi) is 4.66. The molecule has 0 radical (unpaired) electrons. The Balaban J connectivity index is 2.71. The fourth-order valence-corrected chi connectivity index (χ4v) is 2.14. The Labute approximate surface area is 96.7 Å². The predicted octanol–water partition coefficient (Wildman–Crippen LogP) is 1.52. The van der Waals surface area contributed by atoms with Gasteiger partial charge in [-0.15, -0.1) is 0 Å². The Morgan fingerprint density at radius 2 is 2.12 bits per heavy atom. The molecule has 0 aliphatic heterocycles. The van der Waals surface area contributed by atoms with Crippen molar-refractivity contribution in [1.29, 1.82) is 0 Å². The monoisotopic (exact) mass is 237 g/mol. The second kappa shape index (κ2) is 5.78. The van der Waals surface area contributed by atoms with Gasteiger partial charge in [0, 0.05) is 0 Å². The van der Waals surface area contributed by atoms with E-state index in [0.717, 1.165) is 5.56 Å². The highest BCUT2D eigenvalue weighted by Gasteiger charge is 2.11. The fraction of sp³-hybridized carbons (Fsp3) is 0.250. The largest absolute Gasteiger partial charge is 0.480 e. The van der Waals surface area contributed by atoms with Crippen LogP contribution in [-0.2, 0) is 11.2 Å². The van der Waals surface area contributed by atoms with E-state index in [0.29, 0.717) is 6.42 Å². The van der Waals surface area contributed by atoms with Crippen molar-refractivity contribution in [3.63, 3.8) is 0 Å². The van der Waals surface area contributed by atoms with Crippen molar-refractivity contribution in [2.24, 2.45) is 5.73 Å². The van der Waals surface area contributed by atoms with Crippen molar-refractivity contribution in [2.75, 3.05) is 6.66 Å². The van der Waals surface area contributed by atoms with Crippen LogP contribution in [0.25, 0.3) is 0 Å². The first kappa shape index (κ1) is 12.9. The zero-order chi connectivity index (χ0) is 12.1. The second-order valence-electron chi connectivity index (χ2n) is 3.61. The molecular formula is C12H16NO2P. The zero-order valence-corrected chi connectivity index (χ0v) is 10.2. The molecule has 1 aromatic carbocycles. The van der Waals surface area contributed by atoms with Crippen molar-refractivity contribution in [2.45, 2.75) is 12.5 Å². The van der Waals surface area contributed by atoms with Crippen LogP contribution in [0.2, 0.25) is 0 Å². The number of benzene rings is 1. The van der Waals surface area contributed by atoms with Crippen LogP contribution in [0.1, 0.15) is 5.56 Å². The minimum atomic E-state index is -0.965. The van der Waals surface area contributed by atoms with Crippen molar-refractivity contribution in [1.82, 2.24) is 0 Å². The molecule has 0 spiro atoms. The van der Waals surface area contributed by atoms with Gasteiger partial charge in [0.2, 0.25) is 0 Å². The number of hydrogen-bond donors (Lipinski definition) is 2. The smallest absolute Gasteiger partial charge is 0.320 e. The van der Waals surface area contributed by atoms with Crippen molar-refractivity contribution < 1.29 is 9.90 Å². The van der Waals surface area contributed by atoms with Crippen LogP contribution in [0.5, 0.6) is 0 Å². The summed E-state index contributed by atoms with van der Waals surface area (Å²) >= 11 is 0. The summed E-state index contributed by atoms with van der Waals surface area (Å²) in [6.07, 6.45) is 0.366. The summed E-state index contributed by atoms with van der Waals surface area (Å²) in [5.41, 5.74) is 6.41. The first-order chi connectivity index (χ1) is 7.54. The number of aliphatic carboxylic acids is 1. The van der Waals surface area contributed by atoms with Gasteiger partial charge in [-0.1, -0.05) is 44.6 Å². The summed E-state index contributed by atoms with van der Waals surface area (Å²) in [5.74, 6) is 0.973. The van der Waals surface area contributed by atoms with Gasteiger partial charge in [-0.25, -0.2) is 0 Å². The standard InChI is InChI=1S/C12H16NO2P/c1-3-16(2)10-6-4-9(5-7-10)8-11(13)12(14)15/h3-7,11H,1,8,13H2,2H3,(H,14,15). The lowest BCUT2D eigenvalue weighted by atomic mass is 10.1. The minimum Gasteiger partial charge on any atom is -0.480 e. The molecule has 3 N–H and O–H groups in total. The third-order valence-corrected chi connectivity index (χ3v) is 4.05. The summed E-state index contributed by atoms with van der Waals surface area (Å²) in [4.78, 5) is 10.6. The van der Waals surface area contributed by atoms with Gasteiger partial charge >= 0.3 is 5.97 Å². The lowest BCUT2D eigenvalue weighted by Gasteiger charge is -2.09. The summed E-state index contributed by atoms with van der Waals surface area (Å²) in [5, 5.41) is 9.92. The van der Waals surface area contributed by atoms with E-state index in [2.05, 4.69) is 13.2 Å². The van der Waals surface area contributed by atoms with Gasteiger partial charge in [0.1, 0.15) is 6.04 Å². The van der Waals surface area contributed by atoms with Crippen LogP contribution in [0.15, 0.2) is 36.7 Å². The Morgan fingerprint density at radius 3 is 2.56 bits per heavy atom. The molecule has 0 fully saturated rings. The molecule has 4 heteroatoms. The zero-order valence-electron chi connectivity index (χ0n) is 9.26. The highest BCUT2D eigenvalue weighted by molar-refractivity contribution is 7.67. The summed E-state index contributed by atoms with van der Waals surface area (Å²) in [7, 11) is -0.302. The highest BCUT2D eigenvalue weighted by Crippen LogP contribution is 2.29. The SMILES string of the molecule is C=CP(C)c1ccc(CC(N)C(=O)O)cc1. The molecular weight excluding hydrogens is 221 g/mol. The Bertz CT molecular complexity index is 375. The van der Waals surface area contributed by atoms with E-state index in [1.807, 2.05) is 30.1 Å². The predicted molar refractivity (Wildman–Crippen MR) is 68.4 cm³/mol. The number of carboxylic acids is 1. The topological polar surface area (TPSA) is 63.3 Å². The summed E-state index contributed by atoms with van der Waals surface area (Å²) in [6.45, 7) is 5.89. The highest BCUT2D eigenvalue weighted by atomic mass is 31.1. The molecule has 0 aliphatic rings. The van der Waals surface area contributed by atoms with Crippen LogP contribution >= 0.6 is 7.92 Å². The Morgan fingerprint density at radius 1 is 1.56 bits per heavy atom. The van der Waals surface area contributed by atoms with Gasteiger partial charge < -0.3 is 10.8 Å². The van der Waals surface area contributed by atoms with Crippen LogP contribution < -0.4 is 11.0 Å². The maximum Gasteiger partial charge on any atom is 0.320 e. The van der Waals surface area contributed by atoms with Crippen LogP contribution in [0.3, 0.4) is 0 Å². The van der Waals surface area contributed by atoms with Crippen molar-refractivity contribution >= 4 is 19.2 Å². The fourth-order valence-electron chi connectivity index (χ4n) is 1.31. The van der Waals surface area contributed by atoms with Gasteiger partial charge in [-0.3, -0.25) is 4.79 Å². The molecule has 0 saturated heterocycles. The molecule has 0 bridgehead atoms. The molecule has 86 valence electrons. The van der Waals surface area contributed by atoms with Crippen LogP contribution in [-0.4, -0.2) is 23.8 Å². The maximum absolute atomic E-state index is 10.6. The number of hydrogen-bond acceptors (Lipinski definition) is 2. The minimum absolute atomic E-state index is 0.302. The molecule has 0 aliphatic carbocycles. The third kappa shape index (κ3) is 3.44. The first-order valence-electron chi connectivity index (χ1n) is 4.97. The average Bonchev–Trinajstić information content (AvgIpc) is 2.28. The third-order valence-electron chi connectivity index (χ3n) is 2.39. The number of carboxylic acid groups (broad SMARTS) is 1. The maximum atomic E-state index is 10.6. The van der Waals surface area contributed by atoms with Crippen molar-refractivity contribution in [3.8, 4) is 0 Å². The number of rotatable bonds is 5. The number of carbonyl (C=O) groups is 1. The van der Waals surface area contributed by atoms with Gasteiger partial charge in [0.25, 0.3) is 0 Å². The summed E-state index contributed by atoms with van der Waals surface area (Å²) in [6, 6.07) is 7.06. The van der Waals surface area contributed by atoms with Gasteiger partial charge in [-0.05, 0) is 24.0 Å². The van der Waals surface area contributed by atoms with E-state index in [-0.39, 0.29) is 7.92 Å². The van der Waals surface area contributed by atoms with Crippen LogP contribution in [0, 0.1) is 0 Å². The molecule has 0 aromatic heterocycles. The lowest BCUT2D eigenvalue weighted by Crippen LogP contribution is -2.32. The van der Waals surface area contributed by atoms with Crippen molar-refractivity contribution in [3.05, 3.63) is 42.2 Å². The van der Waals surface area contributed by atoms with Gasteiger partial charge in [0.15, 0.2) is 0 Å². The first-order valence-corrected chi connectivity index (χ1v) is 6.83. The molecule has 0 heterocycles. The second-order valence-corrected chi connectivity index (χ2v) is 5.71.